The standard InChI is InChI=1S/C23H24N2O4S/c26-23(24-22-14-6-9-18-8-4-5-13-21(18)22)17-25(16-19-10-7-15-29-19)30(27,28)20-11-2-1-3-12-20/h1-5,7-8,10-13,15,22H,6,9,14,16-17H2,(H,24,26)/t22-/m0/s1. The zero-order valence-corrected chi connectivity index (χ0v) is 17.3. The molecular formula is C23H24N2O4S. The quantitative estimate of drug-likeness (QED) is 0.628. The van der Waals surface area contributed by atoms with Gasteiger partial charge in [0.1, 0.15) is 5.76 Å². The van der Waals surface area contributed by atoms with Crippen molar-refractivity contribution in [2.24, 2.45) is 0 Å². The first kappa shape index (κ1) is 20.4. The zero-order valence-electron chi connectivity index (χ0n) is 16.5. The third-order valence-electron chi connectivity index (χ3n) is 5.32. The van der Waals surface area contributed by atoms with Crippen LogP contribution in [0.2, 0.25) is 0 Å². The maximum Gasteiger partial charge on any atom is 0.243 e. The highest BCUT2D eigenvalue weighted by atomic mass is 32.2. The van der Waals surface area contributed by atoms with E-state index >= 15 is 0 Å². The first-order valence-corrected chi connectivity index (χ1v) is 11.4. The summed E-state index contributed by atoms with van der Waals surface area (Å²) in [6.07, 6.45) is 4.31. The zero-order chi connectivity index (χ0) is 21.0. The molecule has 0 radical (unpaired) electrons. The number of benzene rings is 2. The van der Waals surface area contributed by atoms with Crippen molar-refractivity contribution in [1.29, 1.82) is 0 Å². The summed E-state index contributed by atoms with van der Waals surface area (Å²) in [7, 11) is -3.86. The van der Waals surface area contributed by atoms with Gasteiger partial charge in [0, 0.05) is 0 Å². The van der Waals surface area contributed by atoms with Crippen LogP contribution in [-0.4, -0.2) is 25.2 Å². The average Bonchev–Trinajstić information content (AvgIpc) is 3.27. The van der Waals surface area contributed by atoms with E-state index < -0.39 is 10.0 Å². The van der Waals surface area contributed by atoms with Crippen molar-refractivity contribution in [2.45, 2.75) is 36.7 Å². The Morgan fingerprint density at radius 2 is 1.80 bits per heavy atom. The predicted molar refractivity (Wildman–Crippen MR) is 113 cm³/mol. The number of nitrogens with zero attached hydrogens (tertiary/aromatic N) is 1. The second-order valence-electron chi connectivity index (χ2n) is 7.38. The van der Waals surface area contributed by atoms with Gasteiger partial charge < -0.3 is 9.73 Å². The van der Waals surface area contributed by atoms with Gasteiger partial charge in [0.15, 0.2) is 0 Å². The van der Waals surface area contributed by atoms with E-state index in [1.54, 1.807) is 30.3 Å². The van der Waals surface area contributed by atoms with Crippen molar-refractivity contribution in [1.82, 2.24) is 9.62 Å². The highest BCUT2D eigenvalue weighted by Gasteiger charge is 2.29. The molecule has 0 aliphatic heterocycles. The SMILES string of the molecule is O=C(CN(Cc1ccco1)S(=O)(=O)c1ccccc1)N[C@H]1CCCc2ccccc21. The molecule has 4 rings (SSSR count). The number of rotatable bonds is 7. The van der Waals surface area contributed by atoms with Gasteiger partial charge in [-0.3, -0.25) is 4.79 Å². The van der Waals surface area contributed by atoms with Crippen molar-refractivity contribution in [3.63, 3.8) is 0 Å². The molecule has 1 amide bonds. The van der Waals surface area contributed by atoms with Gasteiger partial charge in [-0.25, -0.2) is 8.42 Å². The molecule has 30 heavy (non-hydrogen) atoms. The summed E-state index contributed by atoms with van der Waals surface area (Å²) in [5, 5.41) is 3.03. The molecule has 1 aliphatic rings. The Bertz CT molecular complexity index is 1100. The summed E-state index contributed by atoms with van der Waals surface area (Å²) >= 11 is 0. The van der Waals surface area contributed by atoms with Crippen LogP contribution in [0.1, 0.15) is 35.8 Å². The number of furan rings is 1. The average molecular weight is 425 g/mol. The molecule has 1 aliphatic carbocycles. The van der Waals surface area contributed by atoms with Gasteiger partial charge in [-0.05, 0) is 54.7 Å². The fraction of sp³-hybridized carbons (Fsp3) is 0.261. The van der Waals surface area contributed by atoms with Crippen LogP contribution < -0.4 is 5.32 Å². The van der Waals surface area contributed by atoms with Gasteiger partial charge in [0.2, 0.25) is 15.9 Å². The minimum atomic E-state index is -3.86. The smallest absolute Gasteiger partial charge is 0.243 e. The molecule has 1 atom stereocenters. The van der Waals surface area contributed by atoms with Crippen LogP contribution in [0, 0.1) is 0 Å². The van der Waals surface area contributed by atoms with Crippen LogP contribution in [-0.2, 0) is 27.8 Å². The lowest BCUT2D eigenvalue weighted by atomic mass is 9.88. The largest absolute Gasteiger partial charge is 0.468 e. The molecule has 3 aromatic rings. The molecular weight excluding hydrogens is 400 g/mol. The van der Waals surface area contributed by atoms with Gasteiger partial charge in [0.05, 0.1) is 30.3 Å². The number of hydrogen-bond acceptors (Lipinski definition) is 4. The maximum atomic E-state index is 13.2. The summed E-state index contributed by atoms with van der Waals surface area (Å²) in [6, 6.07) is 19.5. The molecule has 156 valence electrons. The van der Waals surface area contributed by atoms with Crippen LogP contribution in [0.3, 0.4) is 0 Å². The normalized spacial score (nSPS) is 16.2. The summed E-state index contributed by atoms with van der Waals surface area (Å²) < 4.78 is 32.9. The summed E-state index contributed by atoms with van der Waals surface area (Å²) in [5.41, 5.74) is 2.35. The Morgan fingerprint density at radius 3 is 2.57 bits per heavy atom. The number of nitrogens with one attached hydrogen (secondary N) is 1. The van der Waals surface area contributed by atoms with Gasteiger partial charge in [0.25, 0.3) is 0 Å². The second kappa shape index (κ2) is 8.85. The minimum absolute atomic E-state index is 0.0150. The van der Waals surface area contributed by atoms with E-state index in [0.717, 1.165) is 29.1 Å². The number of amides is 1. The minimum Gasteiger partial charge on any atom is -0.468 e. The monoisotopic (exact) mass is 424 g/mol. The molecule has 1 N–H and O–H groups in total. The van der Waals surface area contributed by atoms with Crippen LogP contribution in [0.4, 0.5) is 0 Å². The molecule has 0 saturated heterocycles. The summed E-state index contributed by atoms with van der Waals surface area (Å²) in [5.74, 6) is 0.146. The van der Waals surface area contributed by atoms with Crippen molar-refractivity contribution in [3.05, 3.63) is 89.9 Å². The third-order valence-corrected chi connectivity index (χ3v) is 7.12. The second-order valence-corrected chi connectivity index (χ2v) is 9.31. The fourth-order valence-electron chi connectivity index (χ4n) is 3.85. The van der Waals surface area contributed by atoms with Gasteiger partial charge >= 0.3 is 0 Å². The van der Waals surface area contributed by atoms with Gasteiger partial charge in [-0.2, -0.15) is 4.31 Å². The number of sulfonamides is 1. The van der Waals surface area contributed by atoms with Crippen molar-refractivity contribution in [3.8, 4) is 0 Å². The van der Waals surface area contributed by atoms with E-state index in [2.05, 4.69) is 11.4 Å². The van der Waals surface area contributed by atoms with E-state index in [0.29, 0.717) is 5.76 Å². The number of fused-ring (bicyclic) bond motifs is 1. The maximum absolute atomic E-state index is 13.2. The fourth-order valence-corrected chi connectivity index (χ4v) is 5.23. The van der Waals surface area contributed by atoms with Gasteiger partial charge in [-0.1, -0.05) is 42.5 Å². The highest BCUT2D eigenvalue weighted by molar-refractivity contribution is 7.89. The van der Waals surface area contributed by atoms with E-state index in [9.17, 15) is 13.2 Å². The van der Waals surface area contributed by atoms with Crippen LogP contribution in [0.25, 0.3) is 0 Å². The molecule has 0 unspecified atom stereocenters. The van der Waals surface area contributed by atoms with Gasteiger partial charge in [-0.15, -0.1) is 0 Å². The predicted octanol–water partition coefficient (Wildman–Crippen LogP) is 3.66. The molecule has 0 bridgehead atoms. The van der Waals surface area contributed by atoms with Crippen molar-refractivity contribution < 1.29 is 17.6 Å². The van der Waals surface area contributed by atoms with Crippen LogP contribution in [0.5, 0.6) is 0 Å². The number of carbonyl (C=O) groups excluding carboxylic acids is 1. The topological polar surface area (TPSA) is 79.6 Å². The number of carbonyl (C=O) groups is 1. The molecule has 1 heterocycles. The third kappa shape index (κ3) is 4.47. The van der Waals surface area contributed by atoms with E-state index in [4.69, 9.17) is 4.42 Å². The lowest BCUT2D eigenvalue weighted by molar-refractivity contribution is -0.122. The molecule has 0 spiro atoms. The Labute approximate surface area is 176 Å². The Hall–Kier alpha value is -2.90. The molecule has 0 saturated carbocycles. The number of hydrogen-bond donors (Lipinski definition) is 1. The van der Waals surface area contributed by atoms with E-state index in [1.165, 1.54) is 24.0 Å². The molecule has 7 heteroatoms. The molecule has 0 fully saturated rings. The Balaban J connectivity index is 1.54. The first-order chi connectivity index (χ1) is 14.5. The van der Waals surface area contributed by atoms with Crippen LogP contribution >= 0.6 is 0 Å². The number of aryl methyl sites for hydroxylation is 1. The van der Waals surface area contributed by atoms with Crippen molar-refractivity contribution in [2.75, 3.05) is 6.54 Å². The van der Waals surface area contributed by atoms with Crippen LogP contribution in [0.15, 0.2) is 82.3 Å². The summed E-state index contributed by atoms with van der Waals surface area (Å²) in [6.45, 7) is -0.296. The molecule has 1 aromatic heterocycles. The Kier molecular flexibility index (Phi) is 6.01. The van der Waals surface area contributed by atoms with E-state index in [1.807, 2.05) is 18.2 Å². The lowest BCUT2D eigenvalue weighted by Crippen LogP contribution is -2.42. The highest BCUT2D eigenvalue weighted by Crippen LogP contribution is 2.29. The summed E-state index contributed by atoms with van der Waals surface area (Å²) in [4.78, 5) is 13.0. The van der Waals surface area contributed by atoms with Crippen molar-refractivity contribution >= 4 is 15.9 Å². The van der Waals surface area contributed by atoms with E-state index in [-0.39, 0.29) is 29.9 Å². The lowest BCUT2D eigenvalue weighted by Gasteiger charge is -2.28. The Morgan fingerprint density at radius 1 is 1.03 bits per heavy atom. The molecule has 6 nitrogen and oxygen atoms in total. The first-order valence-electron chi connectivity index (χ1n) is 9.99. The molecule has 2 aromatic carbocycles.